The first-order valence-electron chi connectivity index (χ1n) is 5.41. The summed E-state index contributed by atoms with van der Waals surface area (Å²) in [6.07, 6.45) is 5.38. The molecule has 1 atom stereocenters. The number of rotatable bonds is 4. The molecule has 1 unspecified atom stereocenters. The van der Waals surface area contributed by atoms with E-state index in [0.29, 0.717) is 6.54 Å². The van der Waals surface area contributed by atoms with Crippen molar-refractivity contribution in [2.24, 2.45) is 0 Å². The second kappa shape index (κ2) is 5.91. The van der Waals surface area contributed by atoms with Gasteiger partial charge in [0.1, 0.15) is 0 Å². The van der Waals surface area contributed by atoms with E-state index in [9.17, 15) is 4.79 Å². The Morgan fingerprint density at radius 1 is 1.69 bits per heavy atom. The monoisotopic (exact) mass is 240 g/mol. The number of nitrogens with zero attached hydrogens (tertiary/aromatic N) is 2. The van der Waals surface area contributed by atoms with E-state index in [4.69, 9.17) is 0 Å². The summed E-state index contributed by atoms with van der Waals surface area (Å²) >= 11 is 1.82. The molecule has 0 bridgehead atoms. The third-order valence-electron chi connectivity index (χ3n) is 2.47. The molecule has 2 N–H and O–H groups in total. The lowest BCUT2D eigenvalue weighted by molar-refractivity contribution is -0.122. The van der Waals surface area contributed by atoms with Gasteiger partial charge >= 0.3 is 0 Å². The minimum absolute atomic E-state index is 0.0264. The first-order valence-corrected chi connectivity index (χ1v) is 6.56. The van der Waals surface area contributed by atoms with Crippen LogP contribution in [0.15, 0.2) is 18.7 Å². The van der Waals surface area contributed by atoms with Crippen LogP contribution in [0.25, 0.3) is 0 Å². The van der Waals surface area contributed by atoms with Crippen molar-refractivity contribution in [3.05, 3.63) is 18.7 Å². The molecular formula is C10H16N4OS. The van der Waals surface area contributed by atoms with E-state index in [-0.39, 0.29) is 11.9 Å². The SMILES string of the molecule is O=C(NCCn1ccnc1)C1CSCCN1. The quantitative estimate of drug-likeness (QED) is 0.759. The summed E-state index contributed by atoms with van der Waals surface area (Å²) in [6.45, 7) is 2.34. The van der Waals surface area contributed by atoms with Crippen LogP contribution < -0.4 is 10.6 Å². The maximum Gasteiger partial charge on any atom is 0.238 e. The van der Waals surface area contributed by atoms with E-state index < -0.39 is 0 Å². The largest absolute Gasteiger partial charge is 0.353 e. The summed E-state index contributed by atoms with van der Waals surface area (Å²) in [7, 11) is 0. The predicted molar refractivity (Wildman–Crippen MR) is 64.4 cm³/mol. The lowest BCUT2D eigenvalue weighted by Gasteiger charge is -2.22. The number of thioether (sulfide) groups is 1. The number of hydrogen-bond acceptors (Lipinski definition) is 4. The molecule has 1 aromatic rings. The van der Waals surface area contributed by atoms with Crippen molar-refractivity contribution in [2.75, 3.05) is 24.6 Å². The van der Waals surface area contributed by atoms with E-state index in [1.807, 2.05) is 22.5 Å². The van der Waals surface area contributed by atoms with Crippen molar-refractivity contribution in [1.29, 1.82) is 0 Å². The van der Waals surface area contributed by atoms with Gasteiger partial charge in [-0.05, 0) is 0 Å². The zero-order chi connectivity index (χ0) is 11.2. The summed E-state index contributed by atoms with van der Waals surface area (Å²) in [5.41, 5.74) is 0. The third-order valence-corrected chi connectivity index (χ3v) is 3.53. The van der Waals surface area contributed by atoms with Crippen LogP contribution in [0.2, 0.25) is 0 Å². The minimum atomic E-state index is -0.0264. The highest BCUT2D eigenvalue weighted by atomic mass is 32.2. The molecule has 1 aliphatic rings. The number of aromatic nitrogens is 2. The zero-order valence-electron chi connectivity index (χ0n) is 9.06. The summed E-state index contributed by atoms with van der Waals surface area (Å²) in [6, 6.07) is -0.0264. The van der Waals surface area contributed by atoms with Crippen LogP contribution in [0.3, 0.4) is 0 Å². The average Bonchev–Trinajstić information content (AvgIpc) is 2.83. The Labute approximate surface area is 99.0 Å². The normalized spacial score (nSPS) is 20.6. The summed E-state index contributed by atoms with van der Waals surface area (Å²) in [4.78, 5) is 15.7. The van der Waals surface area contributed by atoms with Crippen LogP contribution in [-0.4, -0.2) is 46.1 Å². The van der Waals surface area contributed by atoms with Gasteiger partial charge in [0, 0.05) is 43.5 Å². The molecule has 88 valence electrons. The highest BCUT2D eigenvalue weighted by Crippen LogP contribution is 2.07. The molecule has 0 spiro atoms. The number of imidazole rings is 1. The second-order valence-electron chi connectivity index (χ2n) is 3.67. The molecule has 0 radical (unpaired) electrons. The van der Waals surface area contributed by atoms with Crippen molar-refractivity contribution in [3.63, 3.8) is 0 Å². The summed E-state index contributed by atoms with van der Waals surface area (Å²) < 4.78 is 1.95. The summed E-state index contributed by atoms with van der Waals surface area (Å²) in [5, 5.41) is 6.14. The summed E-state index contributed by atoms with van der Waals surface area (Å²) in [5.74, 6) is 2.07. The van der Waals surface area contributed by atoms with Crippen molar-refractivity contribution < 1.29 is 4.79 Å². The van der Waals surface area contributed by atoms with Gasteiger partial charge < -0.3 is 15.2 Å². The van der Waals surface area contributed by atoms with Crippen LogP contribution in [0, 0.1) is 0 Å². The second-order valence-corrected chi connectivity index (χ2v) is 4.82. The minimum Gasteiger partial charge on any atom is -0.353 e. The molecule has 6 heteroatoms. The maximum atomic E-state index is 11.7. The molecular weight excluding hydrogens is 224 g/mol. The van der Waals surface area contributed by atoms with Gasteiger partial charge in [-0.25, -0.2) is 4.98 Å². The molecule has 1 aromatic heterocycles. The van der Waals surface area contributed by atoms with Gasteiger partial charge in [-0.2, -0.15) is 11.8 Å². The van der Waals surface area contributed by atoms with Crippen LogP contribution in [0.5, 0.6) is 0 Å². The molecule has 0 saturated carbocycles. The Hall–Kier alpha value is -1.01. The number of amides is 1. The number of nitrogens with one attached hydrogen (secondary N) is 2. The topological polar surface area (TPSA) is 59.0 Å². The fourth-order valence-electron chi connectivity index (χ4n) is 1.58. The van der Waals surface area contributed by atoms with E-state index in [2.05, 4.69) is 15.6 Å². The fourth-order valence-corrected chi connectivity index (χ4v) is 2.52. The Morgan fingerprint density at radius 3 is 3.31 bits per heavy atom. The average molecular weight is 240 g/mol. The van der Waals surface area contributed by atoms with Gasteiger partial charge in [-0.15, -0.1) is 0 Å². The van der Waals surface area contributed by atoms with Crippen molar-refractivity contribution >= 4 is 17.7 Å². The van der Waals surface area contributed by atoms with Crippen molar-refractivity contribution in [3.8, 4) is 0 Å². The molecule has 2 rings (SSSR count). The van der Waals surface area contributed by atoms with Crippen molar-refractivity contribution in [2.45, 2.75) is 12.6 Å². The number of carbonyl (C=O) groups is 1. The smallest absolute Gasteiger partial charge is 0.238 e. The molecule has 16 heavy (non-hydrogen) atoms. The highest BCUT2D eigenvalue weighted by Gasteiger charge is 2.19. The van der Waals surface area contributed by atoms with Gasteiger partial charge in [0.2, 0.25) is 5.91 Å². The fraction of sp³-hybridized carbons (Fsp3) is 0.600. The lowest BCUT2D eigenvalue weighted by Crippen LogP contribution is -2.49. The molecule has 1 fully saturated rings. The van der Waals surface area contributed by atoms with E-state index in [0.717, 1.165) is 24.6 Å². The third kappa shape index (κ3) is 3.24. The molecule has 2 heterocycles. The zero-order valence-corrected chi connectivity index (χ0v) is 9.87. The molecule has 1 amide bonds. The number of carbonyl (C=O) groups excluding carboxylic acids is 1. The molecule has 1 saturated heterocycles. The molecule has 1 aliphatic heterocycles. The van der Waals surface area contributed by atoms with Gasteiger partial charge in [0.25, 0.3) is 0 Å². The molecule has 0 aliphatic carbocycles. The Balaban J connectivity index is 1.67. The Morgan fingerprint density at radius 2 is 2.62 bits per heavy atom. The van der Waals surface area contributed by atoms with Crippen LogP contribution >= 0.6 is 11.8 Å². The first-order chi connectivity index (χ1) is 7.86. The van der Waals surface area contributed by atoms with Gasteiger partial charge in [0.15, 0.2) is 0 Å². The van der Waals surface area contributed by atoms with E-state index in [1.54, 1.807) is 12.5 Å². The van der Waals surface area contributed by atoms with Gasteiger partial charge in [0.05, 0.1) is 12.4 Å². The van der Waals surface area contributed by atoms with Crippen LogP contribution in [0.4, 0.5) is 0 Å². The van der Waals surface area contributed by atoms with Crippen LogP contribution in [-0.2, 0) is 11.3 Å². The Kier molecular flexibility index (Phi) is 4.24. The molecule has 5 nitrogen and oxygen atoms in total. The van der Waals surface area contributed by atoms with E-state index >= 15 is 0 Å². The predicted octanol–water partition coefficient (Wildman–Crippen LogP) is -0.296. The van der Waals surface area contributed by atoms with Crippen molar-refractivity contribution in [1.82, 2.24) is 20.2 Å². The van der Waals surface area contributed by atoms with Crippen LogP contribution in [0.1, 0.15) is 0 Å². The Bertz CT molecular complexity index is 322. The van der Waals surface area contributed by atoms with E-state index in [1.165, 1.54) is 0 Å². The standard InChI is InChI=1S/C10H16N4OS/c15-10(9-7-16-6-3-12-9)13-2-5-14-4-1-11-8-14/h1,4,8-9,12H,2-3,5-7H2,(H,13,15). The maximum absolute atomic E-state index is 11.7. The van der Waals surface area contributed by atoms with Gasteiger partial charge in [-0.1, -0.05) is 0 Å². The van der Waals surface area contributed by atoms with Gasteiger partial charge in [-0.3, -0.25) is 4.79 Å². The lowest BCUT2D eigenvalue weighted by atomic mass is 10.3. The first kappa shape index (κ1) is 11.5. The number of hydrogen-bond donors (Lipinski definition) is 2. The highest BCUT2D eigenvalue weighted by molar-refractivity contribution is 7.99. The molecule has 0 aromatic carbocycles.